The van der Waals surface area contributed by atoms with Gasteiger partial charge in [0.25, 0.3) is 0 Å². The summed E-state index contributed by atoms with van der Waals surface area (Å²) in [7, 11) is 0. The molecule has 3 heterocycles. The van der Waals surface area contributed by atoms with E-state index in [4.69, 9.17) is 14.4 Å². The van der Waals surface area contributed by atoms with Gasteiger partial charge >= 0.3 is 0 Å². The Labute approximate surface area is 303 Å². The molecule has 0 aliphatic carbocycles. The number of thiophene rings is 1. The molecule has 0 spiro atoms. The molecule has 3 aromatic heterocycles. The number of rotatable bonds is 5. The Morgan fingerprint density at radius 2 is 1.31 bits per heavy atom. The van der Waals surface area contributed by atoms with Crippen molar-refractivity contribution in [2.24, 2.45) is 15.0 Å². The van der Waals surface area contributed by atoms with E-state index >= 15 is 0 Å². The second kappa shape index (κ2) is 12.3. The van der Waals surface area contributed by atoms with Gasteiger partial charge in [0.15, 0.2) is 11.7 Å². The number of hydrogen-bond donors (Lipinski definition) is 0. The molecule has 5 nitrogen and oxygen atoms in total. The topological polar surface area (TPSA) is 55.1 Å². The summed E-state index contributed by atoms with van der Waals surface area (Å²) in [6, 6.07) is 54.6. The fraction of sp³-hybridized carbons (Fsp3) is 0.0217. The van der Waals surface area contributed by atoms with Gasteiger partial charge in [0.1, 0.15) is 11.2 Å². The molecule has 0 aliphatic rings. The van der Waals surface area contributed by atoms with E-state index in [-0.39, 0.29) is 0 Å². The summed E-state index contributed by atoms with van der Waals surface area (Å²) in [6.07, 6.45) is 0. The first-order valence-electron chi connectivity index (χ1n) is 17.2. The zero-order chi connectivity index (χ0) is 34.6. The molecule has 0 atom stereocenters. The van der Waals surface area contributed by atoms with Gasteiger partial charge in [0.05, 0.1) is 22.3 Å². The van der Waals surface area contributed by atoms with Gasteiger partial charge in [-0.15, -0.1) is 11.3 Å². The smallest absolute Gasteiger partial charge is 0.161 e. The molecule has 246 valence electrons. The summed E-state index contributed by atoms with van der Waals surface area (Å²) >= 11 is 1.85. The van der Waals surface area contributed by atoms with Gasteiger partial charge in [-0.3, -0.25) is 4.99 Å². The standard InChI is InChI=1S/C46H30N4OS/c1-47-45(49-46(29-13-3-2-4-14-29)48-28-31-16-12-23-40-42(31)37-20-6-9-22-39(37)51-40)30-15-11-17-32(27-30)50-38-21-8-5-18-33(38)35-25-26-36-34-19-7-10-24-41(34)52-44(36)43(35)50/h2-27H,1,28H2/b48-46-,49-45-. The van der Waals surface area contributed by atoms with E-state index in [0.29, 0.717) is 18.2 Å². The number of nitrogens with zero attached hydrogens (tertiary/aromatic N) is 4. The lowest BCUT2D eigenvalue weighted by Gasteiger charge is -2.11. The highest BCUT2D eigenvalue weighted by Crippen LogP contribution is 2.43. The van der Waals surface area contributed by atoms with Crippen LogP contribution in [0.25, 0.3) is 69.6 Å². The number of aromatic nitrogens is 1. The Morgan fingerprint density at radius 1 is 0.596 bits per heavy atom. The van der Waals surface area contributed by atoms with Crippen LogP contribution in [0.1, 0.15) is 16.7 Å². The fourth-order valence-electron chi connectivity index (χ4n) is 7.49. The molecule has 6 heteroatoms. The Bertz CT molecular complexity index is 3070. The first-order valence-corrected chi connectivity index (χ1v) is 18.1. The van der Waals surface area contributed by atoms with Gasteiger partial charge < -0.3 is 8.98 Å². The number of aliphatic imine (C=N–C) groups is 3. The van der Waals surface area contributed by atoms with Crippen molar-refractivity contribution in [2.75, 3.05) is 0 Å². The van der Waals surface area contributed by atoms with Crippen LogP contribution in [0.5, 0.6) is 0 Å². The largest absolute Gasteiger partial charge is 0.456 e. The van der Waals surface area contributed by atoms with Crippen molar-refractivity contribution in [2.45, 2.75) is 6.54 Å². The maximum Gasteiger partial charge on any atom is 0.161 e. The van der Waals surface area contributed by atoms with Gasteiger partial charge in [0, 0.05) is 53.8 Å². The number of hydrogen-bond acceptors (Lipinski definition) is 3. The zero-order valence-electron chi connectivity index (χ0n) is 28.0. The van der Waals surface area contributed by atoms with Crippen LogP contribution in [0, 0.1) is 0 Å². The van der Waals surface area contributed by atoms with Crippen LogP contribution in [0.3, 0.4) is 0 Å². The molecule has 0 fully saturated rings. The lowest BCUT2D eigenvalue weighted by molar-refractivity contribution is 0.668. The van der Waals surface area contributed by atoms with Crippen molar-refractivity contribution >= 4 is 93.6 Å². The summed E-state index contributed by atoms with van der Waals surface area (Å²) in [5, 5.41) is 7.16. The van der Waals surface area contributed by atoms with Gasteiger partial charge in [-0.1, -0.05) is 121 Å². The first-order chi connectivity index (χ1) is 25.7. The third-order valence-corrected chi connectivity index (χ3v) is 11.0. The van der Waals surface area contributed by atoms with Gasteiger partial charge in [-0.05, 0) is 48.7 Å². The Balaban J connectivity index is 1.13. The Kier molecular flexibility index (Phi) is 7.15. The van der Waals surface area contributed by atoms with Crippen molar-refractivity contribution < 1.29 is 4.42 Å². The maximum absolute atomic E-state index is 6.16. The number of para-hydroxylation sites is 2. The van der Waals surface area contributed by atoms with E-state index in [0.717, 1.165) is 49.8 Å². The fourth-order valence-corrected chi connectivity index (χ4v) is 8.73. The molecule has 0 saturated heterocycles. The monoisotopic (exact) mass is 686 g/mol. The van der Waals surface area contributed by atoms with Gasteiger partial charge in [-0.2, -0.15) is 0 Å². The minimum atomic E-state index is 0.422. The van der Waals surface area contributed by atoms with E-state index < -0.39 is 0 Å². The number of furan rings is 1. The minimum absolute atomic E-state index is 0.422. The van der Waals surface area contributed by atoms with Crippen molar-refractivity contribution in [3.63, 3.8) is 0 Å². The average Bonchev–Trinajstić information content (AvgIpc) is 3.88. The molecule has 10 rings (SSSR count). The van der Waals surface area contributed by atoms with Crippen LogP contribution in [0.2, 0.25) is 0 Å². The molecule has 0 unspecified atom stereocenters. The Hall–Kier alpha value is -6.63. The van der Waals surface area contributed by atoms with E-state index in [1.54, 1.807) is 0 Å². The normalized spacial score (nSPS) is 12.6. The molecule has 52 heavy (non-hydrogen) atoms. The number of amidine groups is 2. The second-order valence-corrected chi connectivity index (χ2v) is 13.9. The SMILES string of the molecule is C=N/C(=N\C(=N/Cc1cccc2oc3ccccc3c12)c1ccccc1)c1cccc(-n2c3ccccc3c3ccc4c5ccccc5sc4c32)c1. The first kappa shape index (κ1) is 30.2. The third kappa shape index (κ3) is 4.88. The van der Waals surface area contributed by atoms with Gasteiger partial charge in [0.2, 0.25) is 0 Å². The van der Waals surface area contributed by atoms with Crippen LogP contribution in [0.15, 0.2) is 177 Å². The summed E-state index contributed by atoms with van der Waals surface area (Å²) in [4.78, 5) is 14.7. The molecular formula is C46H30N4OS. The van der Waals surface area contributed by atoms with E-state index in [1.165, 1.54) is 36.5 Å². The van der Waals surface area contributed by atoms with Crippen LogP contribution in [-0.4, -0.2) is 23.0 Å². The summed E-state index contributed by atoms with van der Waals surface area (Å²) in [5.41, 5.74) is 7.92. The number of benzene rings is 7. The highest BCUT2D eigenvalue weighted by atomic mass is 32.1. The molecule has 0 bridgehead atoms. The minimum Gasteiger partial charge on any atom is -0.456 e. The summed E-state index contributed by atoms with van der Waals surface area (Å²) < 4.78 is 11.1. The molecule has 7 aromatic carbocycles. The summed E-state index contributed by atoms with van der Waals surface area (Å²) in [6.45, 7) is 4.40. The highest BCUT2D eigenvalue weighted by molar-refractivity contribution is 7.26. The molecule has 0 radical (unpaired) electrons. The quantitative estimate of drug-likeness (QED) is 0.131. The van der Waals surface area contributed by atoms with Crippen molar-refractivity contribution in [1.29, 1.82) is 0 Å². The molecule has 0 saturated carbocycles. The third-order valence-electron chi connectivity index (χ3n) is 9.82. The van der Waals surface area contributed by atoms with E-state index in [1.807, 2.05) is 78.1 Å². The molecule has 10 aromatic rings. The van der Waals surface area contributed by atoms with Crippen molar-refractivity contribution in [1.82, 2.24) is 4.57 Å². The van der Waals surface area contributed by atoms with Crippen LogP contribution >= 0.6 is 11.3 Å². The average molecular weight is 687 g/mol. The molecule has 0 N–H and O–H groups in total. The molecular weight excluding hydrogens is 657 g/mol. The van der Waals surface area contributed by atoms with Crippen molar-refractivity contribution in [3.8, 4) is 5.69 Å². The maximum atomic E-state index is 6.16. The lowest BCUT2D eigenvalue weighted by atomic mass is 10.1. The van der Waals surface area contributed by atoms with Crippen molar-refractivity contribution in [3.05, 3.63) is 174 Å². The van der Waals surface area contributed by atoms with E-state index in [9.17, 15) is 0 Å². The Morgan fingerprint density at radius 3 is 2.19 bits per heavy atom. The van der Waals surface area contributed by atoms with Crippen LogP contribution in [0.4, 0.5) is 0 Å². The predicted octanol–water partition coefficient (Wildman–Crippen LogP) is 12.1. The second-order valence-electron chi connectivity index (χ2n) is 12.8. The predicted molar refractivity (Wildman–Crippen MR) is 220 cm³/mol. The zero-order valence-corrected chi connectivity index (χ0v) is 28.8. The van der Waals surface area contributed by atoms with Crippen LogP contribution in [-0.2, 0) is 6.54 Å². The molecule has 0 amide bonds. The molecule has 0 aliphatic heterocycles. The van der Waals surface area contributed by atoms with E-state index in [2.05, 4.69) is 107 Å². The highest BCUT2D eigenvalue weighted by Gasteiger charge is 2.18. The van der Waals surface area contributed by atoms with Crippen LogP contribution < -0.4 is 0 Å². The lowest BCUT2D eigenvalue weighted by Crippen LogP contribution is -2.06. The number of fused-ring (bicyclic) bond motifs is 10. The van der Waals surface area contributed by atoms with Gasteiger partial charge in [-0.25, -0.2) is 9.98 Å². The summed E-state index contributed by atoms with van der Waals surface area (Å²) in [5.74, 6) is 1.09.